The molecule has 7 aromatic carbocycles. The van der Waals surface area contributed by atoms with Crippen LogP contribution in [0.1, 0.15) is 5.56 Å². The molecule has 0 bridgehead atoms. The minimum absolute atomic E-state index is 0.653. The molecule has 0 fully saturated rings. The van der Waals surface area contributed by atoms with Crippen molar-refractivity contribution in [3.63, 3.8) is 0 Å². The summed E-state index contributed by atoms with van der Waals surface area (Å²) in [4.78, 5) is 4.64. The van der Waals surface area contributed by atoms with Gasteiger partial charge in [-0.3, -0.25) is 4.57 Å². The van der Waals surface area contributed by atoms with Gasteiger partial charge in [-0.05, 0) is 84.9 Å². The lowest BCUT2D eigenvalue weighted by Crippen LogP contribution is -1.95. The van der Waals surface area contributed by atoms with Crippen molar-refractivity contribution < 1.29 is 4.42 Å². The van der Waals surface area contributed by atoms with Crippen LogP contribution in [0.15, 0.2) is 156 Å². The second-order valence-electron chi connectivity index (χ2n) is 12.8. The Hall–Kier alpha value is -7.10. The molecule has 0 saturated heterocycles. The molecule has 4 heterocycles. The molecule has 0 amide bonds. The Labute approximate surface area is 284 Å². The minimum atomic E-state index is 0.653. The second-order valence-corrected chi connectivity index (χ2v) is 12.8. The van der Waals surface area contributed by atoms with Gasteiger partial charge < -0.3 is 13.6 Å². The van der Waals surface area contributed by atoms with Crippen molar-refractivity contribution in [2.45, 2.75) is 0 Å². The summed E-state index contributed by atoms with van der Waals surface area (Å²) in [5.41, 5.74) is 11.9. The Bertz CT molecular complexity index is 3240. The highest BCUT2D eigenvalue weighted by molar-refractivity contribution is 6.14. The van der Waals surface area contributed by atoms with Gasteiger partial charge in [-0.25, -0.2) is 4.98 Å². The zero-order chi connectivity index (χ0) is 32.9. The largest absolute Gasteiger partial charge is 0.454 e. The van der Waals surface area contributed by atoms with Crippen molar-refractivity contribution in [2.75, 3.05) is 0 Å². The van der Waals surface area contributed by atoms with E-state index in [1.165, 1.54) is 5.39 Å². The number of aromatic nitrogens is 4. The fourth-order valence-corrected chi connectivity index (χ4v) is 7.94. The molecule has 11 rings (SSSR count). The zero-order valence-corrected chi connectivity index (χ0v) is 26.6. The van der Waals surface area contributed by atoms with Crippen LogP contribution < -0.4 is 0 Å². The molecular formula is C44H25N5O. The van der Waals surface area contributed by atoms with Crippen LogP contribution in [0, 0.1) is 11.3 Å². The molecule has 6 heteroatoms. The van der Waals surface area contributed by atoms with Crippen molar-refractivity contribution in [3.05, 3.63) is 157 Å². The molecule has 6 nitrogen and oxygen atoms in total. The second kappa shape index (κ2) is 9.96. The Kier molecular flexibility index (Phi) is 5.36. The van der Waals surface area contributed by atoms with Gasteiger partial charge in [0.25, 0.3) is 0 Å². The SMILES string of the molecule is N#Cc1ccc2c(c1)c1ccccc1n2-c1ccc2oc3c(-n4c5ccccc5c5cc(-n6cnc7ccccc76)ccc54)cccc3c2c1. The molecule has 0 spiro atoms. The summed E-state index contributed by atoms with van der Waals surface area (Å²) < 4.78 is 13.5. The first-order valence-corrected chi connectivity index (χ1v) is 16.6. The maximum Gasteiger partial charge on any atom is 0.159 e. The lowest BCUT2D eigenvalue weighted by molar-refractivity contribution is 0.666. The number of rotatable bonds is 3. The van der Waals surface area contributed by atoms with Gasteiger partial charge in [0.1, 0.15) is 11.9 Å². The van der Waals surface area contributed by atoms with Crippen LogP contribution in [0.2, 0.25) is 0 Å². The third kappa shape index (κ3) is 3.63. The monoisotopic (exact) mass is 639 g/mol. The average Bonchev–Trinajstić information content (AvgIpc) is 3.93. The first-order chi connectivity index (χ1) is 24.7. The Morgan fingerprint density at radius 1 is 0.500 bits per heavy atom. The van der Waals surface area contributed by atoms with E-state index in [2.05, 4.69) is 140 Å². The highest BCUT2D eigenvalue weighted by Crippen LogP contribution is 2.40. The number of benzene rings is 7. The van der Waals surface area contributed by atoms with Crippen LogP contribution in [-0.2, 0) is 0 Å². The quantitative estimate of drug-likeness (QED) is 0.193. The molecule has 0 radical (unpaired) electrons. The van der Waals surface area contributed by atoms with Gasteiger partial charge in [0, 0.05) is 43.7 Å². The summed E-state index contributed by atoms with van der Waals surface area (Å²) >= 11 is 0. The van der Waals surface area contributed by atoms with E-state index in [4.69, 9.17) is 4.42 Å². The molecule has 0 aliphatic rings. The maximum absolute atomic E-state index is 9.61. The van der Waals surface area contributed by atoms with Gasteiger partial charge >= 0.3 is 0 Å². The van der Waals surface area contributed by atoms with Crippen molar-refractivity contribution in [1.82, 2.24) is 18.7 Å². The van der Waals surface area contributed by atoms with Crippen molar-refractivity contribution >= 4 is 76.6 Å². The van der Waals surface area contributed by atoms with Crippen molar-refractivity contribution in [3.8, 4) is 23.1 Å². The number of furan rings is 1. The van der Waals surface area contributed by atoms with Gasteiger partial charge in [0.2, 0.25) is 0 Å². The number of hydrogen-bond donors (Lipinski definition) is 0. The Morgan fingerprint density at radius 2 is 1.14 bits per heavy atom. The van der Waals surface area contributed by atoms with Crippen LogP contribution in [0.5, 0.6) is 0 Å². The molecule has 0 saturated carbocycles. The van der Waals surface area contributed by atoms with Gasteiger partial charge in [0.05, 0.1) is 50.4 Å². The Morgan fingerprint density at radius 3 is 1.98 bits per heavy atom. The summed E-state index contributed by atoms with van der Waals surface area (Å²) in [5, 5.41) is 16.2. The lowest BCUT2D eigenvalue weighted by Gasteiger charge is -2.09. The van der Waals surface area contributed by atoms with Gasteiger partial charge in [-0.2, -0.15) is 5.26 Å². The number of fused-ring (bicyclic) bond motifs is 10. The first kappa shape index (κ1) is 26.9. The Balaban J connectivity index is 1.13. The summed E-state index contributed by atoms with van der Waals surface area (Å²) in [5.74, 6) is 0. The predicted molar refractivity (Wildman–Crippen MR) is 202 cm³/mol. The van der Waals surface area contributed by atoms with Crippen LogP contribution in [0.4, 0.5) is 0 Å². The molecule has 50 heavy (non-hydrogen) atoms. The van der Waals surface area contributed by atoms with E-state index in [1.807, 2.05) is 36.7 Å². The molecular weight excluding hydrogens is 615 g/mol. The molecule has 0 unspecified atom stereocenters. The molecule has 11 aromatic rings. The topological polar surface area (TPSA) is 64.6 Å². The zero-order valence-electron chi connectivity index (χ0n) is 26.6. The van der Waals surface area contributed by atoms with E-state index in [0.29, 0.717) is 5.56 Å². The molecule has 232 valence electrons. The summed E-state index contributed by atoms with van der Waals surface area (Å²) in [6, 6.07) is 52.9. The molecule has 0 atom stereocenters. The van der Waals surface area contributed by atoms with Crippen LogP contribution >= 0.6 is 0 Å². The number of hydrogen-bond acceptors (Lipinski definition) is 3. The highest BCUT2D eigenvalue weighted by atomic mass is 16.3. The number of nitrogens with zero attached hydrogens (tertiary/aromatic N) is 5. The smallest absolute Gasteiger partial charge is 0.159 e. The van der Waals surface area contributed by atoms with E-state index >= 15 is 0 Å². The predicted octanol–water partition coefficient (Wildman–Crippen LogP) is 11.0. The van der Waals surface area contributed by atoms with Crippen molar-refractivity contribution in [2.24, 2.45) is 0 Å². The third-order valence-corrected chi connectivity index (χ3v) is 10.1. The maximum atomic E-state index is 9.61. The van der Waals surface area contributed by atoms with Crippen LogP contribution in [0.25, 0.3) is 93.6 Å². The third-order valence-electron chi connectivity index (χ3n) is 10.1. The fourth-order valence-electron chi connectivity index (χ4n) is 7.94. The fraction of sp³-hybridized carbons (Fsp3) is 0. The van der Waals surface area contributed by atoms with E-state index in [1.54, 1.807) is 0 Å². The van der Waals surface area contributed by atoms with Crippen LogP contribution in [0.3, 0.4) is 0 Å². The van der Waals surface area contributed by atoms with Gasteiger partial charge in [0.15, 0.2) is 5.58 Å². The summed E-state index contributed by atoms with van der Waals surface area (Å²) in [6.45, 7) is 0. The normalized spacial score (nSPS) is 12.0. The average molecular weight is 640 g/mol. The highest BCUT2D eigenvalue weighted by Gasteiger charge is 2.20. The molecule has 4 aromatic heterocycles. The number of imidazole rings is 1. The van der Waals surface area contributed by atoms with E-state index in [-0.39, 0.29) is 0 Å². The number of para-hydroxylation sites is 5. The van der Waals surface area contributed by atoms with Crippen molar-refractivity contribution in [1.29, 1.82) is 5.26 Å². The number of nitriles is 1. The summed E-state index contributed by atoms with van der Waals surface area (Å²) in [7, 11) is 0. The van der Waals surface area contributed by atoms with Gasteiger partial charge in [-0.1, -0.05) is 60.7 Å². The molecule has 0 N–H and O–H groups in total. The summed E-state index contributed by atoms with van der Waals surface area (Å²) in [6.07, 6.45) is 1.90. The minimum Gasteiger partial charge on any atom is -0.454 e. The molecule has 0 aliphatic heterocycles. The first-order valence-electron chi connectivity index (χ1n) is 16.6. The van der Waals surface area contributed by atoms with Crippen LogP contribution in [-0.4, -0.2) is 18.7 Å². The van der Waals surface area contributed by atoms with E-state index < -0.39 is 0 Å². The van der Waals surface area contributed by atoms with Gasteiger partial charge in [-0.15, -0.1) is 0 Å². The lowest BCUT2D eigenvalue weighted by atomic mass is 10.1. The van der Waals surface area contributed by atoms with E-state index in [9.17, 15) is 5.26 Å². The van der Waals surface area contributed by atoms with E-state index in [0.717, 1.165) is 88.3 Å². The molecule has 0 aliphatic carbocycles. The standard InChI is InChI=1S/C44H25N5O/c45-25-27-16-19-39-33(22-27)30-8-1-4-12-37(30)48(39)29-18-21-43-35(24-29)32-10-7-15-42(44(32)50-43)49-38-13-5-2-9-31(38)34-23-28(17-20-40(34)49)47-26-46-36-11-3-6-14-41(36)47/h1-24,26H.